The number of carbonyl (C=O) groups excluding carboxylic acids is 2. The molecule has 10 heteroatoms. The molecule has 1 saturated heterocycles. The lowest BCUT2D eigenvalue weighted by Gasteiger charge is -2.33. The molecule has 0 unspecified atom stereocenters. The van der Waals surface area contributed by atoms with Crippen LogP contribution in [0, 0.1) is 5.92 Å². The molecule has 0 N–H and O–H groups in total. The van der Waals surface area contributed by atoms with E-state index in [1.165, 1.54) is 39.9 Å². The molecular weight excluding hydrogens is 472 g/mol. The topological polar surface area (TPSA) is 84.0 Å². The maximum atomic E-state index is 13.0. The van der Waals surface area contributed by atoms with E-state index in [9.17, 15) is 18.0 Å². The van der Waals surface area contributed by atoms with E-state index in [1.54, 1.807) is 11.8 Å². The van der Waals surface area contributed by atoms with Gasteiger partial charge in [0.15, 0.2) is 0 Å². The lowest BCUT2D eigenvalue weighted by molar-refractivity contribution is -0.137. The highest BCUT2D eigenvalue weighted by Crippen LogP contribution is 2.27. The molecule has 1 amide bonds. The normalized spacial score (nSPS) is 15.5. The Morgan fingerprint density at radius 2 is 1.78 bits per heavy atom. The maximum absolute atomic E-state index is 13.0. The molecule has 3 rings (SSSR count). The van der Waals surface area contributed by atoms with Gasteiger partial charge in [0, 0.05) is 30.4 Å². The Morgan fingerprint density at radius 3 is 2.31 bits per heavy atom. The van der Waals surface area contributed by atoms with Crippen molar-refractivity contribution in [1.29, 1.82) is 0 Å². The lowest BCUT2D eigenvalue weighted by atomic mass is 9.96. The molecule has 0 aliphatic carbocycles. The van der Waals surface area contributed by atoms with Crippen molar-refractivity contribution in [3.63, 3.8) is 0 Å². The van der Waals surface area contributed by atoms with Crippen LogP contribution in [-0.4, -0.2) is 55.7 Å². The largest absolute Gasteiger partial charge is 0.462 e. The van der Waals surface area contributed by atoms with Crippen LogP contribution in [0.5, 0.6) is 0 Å². The van der Waals surface area contributed by atoms with Gasteiger partial charge in [0.1, 0.15) is 0 Å². The second-order valence-electron chi connectivity index (χ2n) is 7.48. The van der Waals surface area contributed by atoms with E-state index in [1.807, 2.05) is 19.1 Å². The second kappa shape index (κ2) is 10.8. The zero-order valence-corrected chi connectivity index (χ0v) is 20.5. The number of carbonyl (C=O) groups is 2. The van der Waals surface area contributed by atoms with Crippen LogP contribution in [0.4, 0.5) is 0 Å². The summed E-state index contributed by atoms with van der Waals surface area (Å²) in [5.74, 6) is -0.642. The molecule has 0 radical (unpaired) electrons. The first-order chi connectivity index (χ1) is 15.3. The molecule has 0 atom stereocenters. The number of hydrogen-bond donors (Lipinski definition) is 0. The summed E-state index contributed by atoms with van der Waals surface area (Å²) in [6.07, 6.45) is 0.946. The molecule has 0 saturated carbocycles. The summed E-state index contributed by atoms with van der Waals surface area (Å²) in [6.45, 7) is 5.55. The Hall–Kier alpha value is -1.94. The lowest BCUT2D eigenvalue weighted by Crippen LogP contribution is -2.44. The molecule has 32 heavy (non-hydrogen) atoms. The molecule has 7 nitrogen and oxygen atoms in total. The smallest absolute Gasteiger partial charge is 0.338 e. The Kier molecular flexibility index (Phi) is 8.32. The molecule has 0 bridgehead atoms. The van der Waals surface area contributed by atoms with Gasteiger partial charge in [0.25, 0.3) is 0 Å². The number of amides is 1. The molecule has 1 aliphatic heterocycles. The molecule has 1 aliphatic rings. The minimum atomic E-state index is -3.69. The van der Waals surface area contributed by atoms with Gasteiger partial charge in [-0.1, -0.05) is 11.6 Å². The Labute approximate surface area is 198 Å². The summed E-state index contributed by atoms with van der Waals surface area (Å²) in [5.41, 5.74) is 0.307. The van der Waals surface area contributed by atoms with Gasteiger partial charge in [-0.3, -0.25) is 4.79 Å². The SMILES string of the molecule is CCOC(=O)c1ccc(S(=O)(=O)N2CCC(C(=O)N(CC)Cc3ccc(Cl)s3)CC2)cc1. The number of halogens is 1. The number of sulfonamides is 1. The van der Waals surface area contributed by atoms with Gasteiger partial charge in [0.05, 0.1) is 27.9 Å². The highest BCUT2D eigenvalue weighted by atomic mass is 35.5. The molecule has 1 aromatic heterocycles. The summed E-state index contributed by atoms with van der Waals surface area (Å²) in [7, 11) is -3.69. The van der Waals surface area contributed by atoms with Crippen LogP contribution >= 0.6 is 22.9 Å². The zero-order chi connectivity index (χ0) is 23.3. The fraction of sp³-hybridized carbons (Fsp3) is 0.455. The summed E-state index contributed by atoms with van der Waals surface area (Å²) >= 11 is 7.45. The number of esters is 1. The predicted molar refractivity (Wildman–Crippen MR) is 124 cm³/mol. The van der Waals surface area contributed by atoms with Gasteiger partial charge in [0.2, 0.25) is 15.9 Å². The molecule has 0 spiro atoms. The van der Waals surface area contributed by atoms with Crippen molar-refractivity contribution in [2.24, 2.45) is 5.92 Å². The predicted octanol–water partition coefficient (Wildman–Crippen LogP) is 4.03. The quantitative estimate of drug-likeness (QED) is 0.513. The standard InChI is InChI=1S/C22H27ClN2O5S2/c1-3-24(15-18-7-10-20(23)31-18)21(26)16-11-13-25(14-12-16)32(28,29)19-8-5-17(6-9-19)22(27)30-4-2/h5-10,16H,3-4,11-15H2,1-2H3. The Balaban J connectivity index is 1.61. The van der Waals surface area contributed by atoms with Gasteiger partial charge in [-0.25, -0.2) is 13.2 Å². The van der Waals surface area contributed by atoms with E-state index in [0.717, 1.165) is 4.88 Å². The van der Waals surface area contributed by atoms with Crippen LogP contribution in [-0.2, 0) is 26.1 Å². The van der Waals surface area contributed by atoms with E-state index >= 15 is 0 Å². The average molecular weight is 499 g/mol. The first kappa shape index (κ1) is 24.7. The molecule has 2 heterocycles. The molecule has 174 valence electrons. The number of hydrogen-bond acceptors (Lipinski definition) is 6. The van der Waals surface area contributed by atoms with Crippen molar-refractivity contribution in [1.82, 2.24) is 9.21 Å². The third-order valence-electron chi connectivity index (χ3n) is 5.48. The number of ether oxygens (including phenoxy) is 1. The molecular formula is C22H27ClN2O5S2. The molecule has 1 fully saturated rings. The van der Waals surface area contributed by atoms with Crippen LogP contribution in [0.25, 0.3) is 0 Å². The van der Waals surface area contributed by atoms with Crippen molar-refractivity contribution in [3.8, 4) is 0 Å². The minimum absolute atomic E-state index is 0.0489. The zero-order valence-electron chi connectivity index (χ0n) is 18.1. The third kappa shape index (κ3) is 5.70. The first-order valence-corrected chi connectivity index (χ1v) is 13.2. The van der Waals surface area contributed by atoms with Gasteiger partial charge < -0.3 is 9.64 Å². The van der Waals surface area contributed by atoms with Crippen LogP contribution in [0.15, 0.2) is 41.3 Å². The Bertz CT molecular complexity index is 1040. The molecule has 1 aromatic carbocycles. The maximum Gasteiger partial charge on any atom is 0.338 e. The highest BCUT2D eigenvalue weighted by Gasteiger charge is 2.33. The van der Waals surface area contributed by atoms with Gasteiger partial charge in [-0.15, -0.1) is 11.3 Å². The monoisotopic (exact) mass is 498 g/mol. The van der Waals surface area contributed by atoms with Crippen LogP contribution in [0.3, 0.4) is 0 Å². The number of benzene rings is 1. The van der Waals surface area contributed by atoms with Crippen LogP contribution < -0.4 is 0 Å². The van der Waals surface area contributed by atoms with E-state index in [4.69, 9.17) is 16.3 Å². The van der Waals surface area contributed by atoms with E-state index in [0.29, 0.717) is 35.8 Å². The first-order valence-electron chi connectivity index (χ1n) is 10.6. The number of rotatable bonds is 8. The summed E-state index contributed by atoms with van der Waals surface area (Å²) in [6, 6.07) is 9.50. The summed E-state index contributed by atoms with van der Waals surface area (Å²) < 4.78 is 33.0. The van der Waals surface area contributed by atoms with E-state index in [-0.39, 0.29) is 36.4 Å². The Morgan fingerprint density at radius 1 is 1.12 bits per heavy atom. The molecule has 2 aromatic rings. The van der Waals surface area contributed by atoms with Crippen molar-refractivity contribution >= 4 is 44.8 Å². The van der Waals surface area contributed by atoms with Crippen molar-refractivity contribution in [3.05, 3.63) is 51.2 Å². The average Bonchev–Trinajstić information content (AvgIpc) is 3.22. The van der Waals surface area contributed by atoms with Gasteiger partial charge >= 0.3 is 5.97 Å². The van der Waals surface area contributed by atoms with Crippen LogP contribution in [0.1, 0.15) is 41.9 Å². The van der Waals surface area contributed by atoms with Crippen LogP contribution in [0.2, 0.25) is 4.34 Å². The van der Waals surface area contributed by atoms with Crippen molar-refractivity contribution in [2.75, 3.05) is 26.2 Å². The third-order valence-corrected chi connectivity index (χ3v) is 8.60. The van der Waals surface area contributed by atoms with Gasteiger partial charge in [-0.2, -0.15) is 4.31 Å². The minimum Gasteiger partial charge on any atom is -0.462 e. The van der Waals surface area contributed by atoms with E-state index in [2.05, 4.69) is 0 Å². The number of thiophene rings is 1. The highest BCUT2D eigenvalue weighted by molar-refractivity contribution is 7.89. The number of nitrogens with zero attached hydrogens (tertiary/aromatic N) is 2. The van der Waals surface area contributed by atoms with Crippen molar-refractivity contribution in [2.45, 2.75) is 38.1 Å². The fourth-order valence-corrected chi connectivity index (χ4v) is 6.27. The van der Waals surface area contributed by atoms with Crippen molar-refractivity contribution < 1.29 is 22.7 Å². The number of piperidine rings is 1. The fourth-order valence-electron chi connectivity index (χ4n) is 3.70. The van der Waals surface area contributed by atoms with Gasteiger partial charge in [-0.05, 0) is 63.1 Å². The second-order valence-corrected chi connectivity index (χ2v) is 11.2. The van der Waals surface area contributed by atoms with E-state index < -0.39 is 16.0 Å². The summed E-state index contributed by atoms with van der Waals surface area (Å²) in [4.78, 5) is 27.7. The summed E-state index contributed by atoms with van der Waals surface area (Å²) in [5, 5.41) is 0.